The Kier molecular flexibility index (Phi) is 7.15. The molecule has 1 aromatic rings. The van der Waals surface area contributed by atoms with E-state index in [0.717, 1.165) is 24.1 Å². The van der Waals surface area contributed by atoms with E-state index < -0.39 is 10.0 Å². The molecule has 0 fully saturated rings. The molecule has 6 heteroatoms. The summed E-state index contributed by atoms with van der Waals surface area (Å²) >= 11 is 1.32. The van der Waals surface area contributed by atoms with Crippen molar-refractivity contribution in [2.45, 2.75) is 56.8 Å². The van der Waals surface area contributed by atoms with Crippen molar-refractivity contribution in [2.75, 3.05) is 7.05 Å². The number of nitrogens with one attached hydrogen (secondary N) is 2. The van der Waals surface area contributed by atoms with Crippen LogP contribution in [0.25, 0.3) is 0 Å². The van der Waals surface area contributed by atoms with Crippen LogP contribution in [0.2, 0.25) is 0 Å². The van der Waals surface area contributed by atoms with E-state index in [-0.39, 0.29) is 6.04 Å². The summed E-state index contributed by atoms with van der Waals surface area (Å²) in [5.41, 5.74) is 0. The van der Waals surface area contributed by atoms with E-state index in [4.69, 9.17) is 0 Å². The summed E-state index contributed by atoms with van der Waals surface area (Å²) in [6.45, 7) is 7.00. The van der Waals surface area contributed by atoms with Gasteiger partial charge in [0.05, 0.1) is 0 Å². The third kappa shape index (κ3) is 5.91. The molecule has 0 spiro atoms. The SMILES string of the molecule is CNCc1ccc(S(=O)(=O)NC(C)CCCC(C)C)s1. The predicted molar refractivity (Wildman–Crippen MR) is 85.6 cm³/mol. The summed E-state index contributed by atoms with van der Waals surface area (Å²) in [6.07, 6.45) is 3.07. The van der Waals surface area contributed by atoms with Gasteiger partial charge in [0.25, 0.3) is 0 Å². The van der Waals surface area contributed by atoms with Crippen molar-refractivity contribution in [1.29, 1.82) is 0 Å². The zero-order valence-electron chi connectivity index (χ0n) is 12.8. The maximum absolute atomic E-state index is 12.2. The fourth-order valence-corrected chi connectivity index (χ4v) is 4.65. The van der Waals surface area contributed by atoms with Crippen LogP contribution in [0, 0.1) is 5.92 Å². The first-order valence-corrected chi connectivity index (χ1v) is 9.40. The minimum absolute atomic E-state index is 0.0198. The minimum Gasteiger partial charge on any atom is -0.315 e. The van der Waals surface area contributed by atoms with E-state index in [9.17, 15) is 8.42 Å². The second-order valence-corrected chi connectivity index (χ2v) is 8.71. The highest BCUT2D eigenvalue weighted by Crippen LogP contribution is 2.22. The maximum Gasteiger partial charge on any atom is 0.250 e. The molecule has 0 saturated carbocycles. The Morgan fingerprint density at radius 2 is 1.90 bits per heavy atom. The zero-order chi connectivity index (χ0) is 15.2. The van der Waals surface area contributed by atoms with Crippen LogP contribution in [-0.2, 0) is 16.6 Å². The van der Waals surface area contributed by atoms with E-state index in [1.165, 1.54) is 11.3 Å². The molecule has 0 aliphatic carbocycles. The molecule has 0 aliphatic heterocycles. The highest BCUT2D eigenvalue weighted by Gasteiger charge is 2.19. The Morgan fingerprint density at radius 3 is 2.50 bits per heavy atom. The predicted octanol–water partition coefficient (Wildman–Crippen LogP) is 2.96. The van der Waals surface area contributed by atoms with Crippen LogP contribution in [0.4, 0.5) is 0 Å². The van der Waals surface area contributed by atoms with E-state index in [1.54, 1.807) is 6.07 Å². The van der Waals surface area contributed by atoms with Crippen LogP contribution >= 0.6 is 11.3 Å². The first kappa shape index (κ1) is 17.6. The molecule has 1 heterocycles. The van der Waals surface area contributed by atoms with Gasteiger partial charge in [-0.2, -0.15) is 0 Å². The minimum atomic E-state index is -3.37. The van der Waals surface area contributed by atoms with E-state index in [1.807, 2.05) is 20.0 Å². The molecule has 20 heavy (non-hydrogen) atoms. The van der Waals surface area contributed by atoms with Gasteiger partial charge >= 0.3 is 0 Å². The molecule has 4 nitrogen and oxygen atoms in total. The summed E-state index contributed by atoms with van der Waals surface area (Å²) < 4.78 is 27.6. The number of sulfonamides is 1. The number of hydrogen-bond acceptors (Lipinski definition) is 4. The molecule has 0 bridgehead atoms. The lowest BCUT2D eigenvalue weighted by molar-refractivity contribution is 0.489. The standard InChI is InChI=1S/C14H26N2O2S2/c1-11(2)6-5-7-12(3)16-20(17,18)14-9-8-13(19-14)10-15-4/h8-9,11-12,15-16H,5-7,10H2,1-4H3. The van der Waals surface area contributed by atoms with Gasteiger partial charge in [-0.15, -0.1) is 11.3 Å². The second kappa shape index (κ2) is 8.12. The summed E-state index contributed by atoms with van der Waals surface area (Å²) in [7, 11) is -1.52. The maximum atomic E-state index is 12.2. The van der Waals surface area contributed by atoms with Gasteiger partial charge in [0.1, 0.15) is 4.21 Å². The molecule has 1 unspecified atom stereocenters. The van der Waals surface area contributed by atoms with E-state index in [0.29, 0.717) is 16.7 Å². The van der Waals surface area contributed by atoms with Gasteiger partial charge in [-0.05, 0) is 38.4 Å². The molecule has 1 atom stereocenters. The topological polar surface area (TPSA) is 58.2 Å². The molecule has 0 amide bonds. The molecule has 116 valence electrons. The molecule has 2 N–H and O–H groups in total. The monoisotopic (exact) mass is 318 g/mol. The largest absolute Gasteiger partial charge is 0.315 e. The number of hydrogen-bond donors (Lipinski definition) is 2. The van der Waals surface area contributed by atoms with Crippen molar-refractivity contribution in [3.8, 4) is 0 Å². The Labute approximate surface area is 127 Å². The average Bonchev–Trinajstić information content (AvgIpc) is 2.77. The lowest BCUT2D eigenvalue weighted by Gasteiger charge is -2.14. The van der Waals surface area contributed by atoms with Crippen molar-refractivity contribution in [3.05, 3.63) is 17.0 Å². The summed E-state index contributed by atoms with van der Waals surface area (Å²) in [5, 5.41) is 3.02. The van der Waals surface area contributed by atoms with Crippen molar-refractivity contribution in [1.82, 2.24) is 10.0 Å². The van der Waals surface area contributed by atoms with Gasteiger partial charge in [0, 0.05) is 17.5 Å². The van der Waals surface area contributed by atoms with Gasteiger partial charge in [-0.3, -0.25) is 0 Å². The van der Waals surface area contributed by atoms with Gasteiger partial charge < -0.3 is 5.32 Å². The van der Waals surface area contributed by atoms with Gasteiger partial charge in [-0.1, -0.05) is 26.7 Å². The summed E-state index contributed by atoms with van der Waals surface area (Å²) in [6, 6.07) is 3.52. The van der Waals surface area contributed by atoms with Gasteiger partial charge in [0.15, 0.2) is 0 Å². The second-order valence-electron chi connectivity index (χ2n) is 5.60. The fraction of sp³-hybridized carbons (Fsp3) is 0.714. The van der Waals surface area contributed by atoms with Gasteiger partial charge in [-0.25, -0.2) is 13.1 Å². The zero-order valence-corrected chi connectivity index (χ0v) is 14.4. The van der Waals surface area contributed by atoms with Crippen molar-refractivity contribution in [2.24, 2.45) is 5.92 Å². The van der Waals surface area contributed by atoms with Crippen molar-refractivity contribution < 1.29 is 8.42 Å². The molecular formula is C14H26N2O2S2. The summed E-state index contributed by atoms with van der Waals surface area (Å²) in [4.78, 5) is 1.03. The highest BCUT2D eigenvalue weighted by molar-refractivity contribution is 7.91. The average molecular weight is 319 g/mol. The molecule has 0 radical (unpaired) electrons. The summed E-state index contributed by atoms with van der Waals surface area (Å²) in [5.74, 6) is 0.667. The Balaban J connectivity index is 2.55. The lowest BCUT2D eigenvalue weighted by atomic mass is 10.0. The van der Waals surface area contributed by atoms with E-state index in [2.05, 4.69) is 23.9 Å². The van der Waals surface area contributed by atoms with Crippen LogP contribution in [0.15, 0.2) is 16.3 Å². The molecule has 0 saturated heterocycles. The molecular weight excluding hydrogens is 292 g/mol. The molecule has 1 rings (SSSR count). The third-order valence-corrected chi connectivity index (χ3v) is 6.19. The lowest BCUT2D eigenvalue weighted by Crippen LogP contribution is -2.32. The van der Waals surface area contributed by atoms with Crippen LogP contribution in [0.1, 0.15) is 44.9 Å². The third-order valence-electron chi connectivity index (χ3n) is 3.03. The Morgan fingerprint density at radius 1 is 1.20 bits per heavy atom. The van der Waals surface area contributed by atoms with E-state index >= 15 is 0 Å². The highest BCUT2D eigenvalue weighted by atomic mass is 32.2. The van der Waals surface area contributed by atoms with Gasteiger partial charge in [0.2, 0.25) is 10.0 Å². The molecule has 1 aromatic heterocycles. The number of rotatable bonds is 9. The van der Waals surface area contributed by atoms with Crippen LogP contribution < -0.4 is 10.0 Å². The number of thiophene rings is 1. The van der Waals surface area contributed by atoms with Crippen LogP contribution in [-0.4, -0.2) is 21.5 Å². The smallest absolute Gasteiger partial charge is 0.250 e. The normalized spacial score (nSPS) is 13.8. The first-order chi connectivity index (χ1) is 9.35. The van der Waals surface area contributed by atoms with Crippen molar-refractivity contribution in [3.63, 3.8) is 0 Å². The first-order valence-electron chi connectivity index (χ1n) is 7.10. The van der Waals surface area contributed by atoms with Crippen LogP contribution in [0.5, 0.6) is 0 Å². The Bertz CT molecular complexity index is 495. The van der Waals surface area contributed by atoms with Crippen molar-refractivity contribution >= 4 is 21.4 Å². The quantitative estimate of drug-likeness (QED) is 0.736. The van der Waals surface area contributed by atoms with Crippen LogP contribution in [0.3, 0.4) is 0 Å². The fourth-order valence-electron chi connectivity index (χ4n) is 1.99. The Hall–Kier alpha value is -0.430. The molecule has 0 aromatic carbocycles. The molecule has 0 aliphatic rings.